The van der Waals surface area contributed by atoms with Gasteiger partial charge >= 0.3 is 0 Å². The number of ether oxygens (including phenoxy) is 2. The van der Waals surface area contributed by atoms with Gasteiger partial charge in [0.2, 0.25) is 0 Å². The number of carbonyl (C=O) groups is 1. The van der Waals surface area contributed by atoms with Gasteiger partial charge in [0.25, 0.3) is 5.91 Å². The highest BCUT2D eigenvalue weighted by Crippen LogP contribution is 2.29. The predicted octanol–water partition coefficient (Wildman–Crippen LogP) is 2.56. The van der Waals surface area contributed by atoms with Crippen molar-refractivity contribution in [2.75, 3.05) is 40.5 Å². The molecule has 2 N–H and O–H groups in total. The summed E-state index contributed by atoms with van der Waals surface area (Å²) in [7, 11) is 3.35. The number of hydrogen-bond acceptors (Lipinski definition) is 6. The number of hydrogen-bond donors (Lipinski definition) is 2. The van der Waals surface area contributed by atoms with E-state index in [9.17, 15) is 4.79 Å². The van der Waals surface area contributed by atoms with Crippen molar-refractivity contribution in [1.29, 1.82) is 0 Å². The Morgan fingerprint density at radius 3 is 2.65 bits per heavy atom. The molecule has 0 bridgehead atoms. The summed E-state index contributed by atoms with van der Waals surface area (Å²) in [6.45, 7) is 3.18. The number of benzene rings is 1. The third-order valence-electron chi connectivity index (χ3n) is 4.81. The molecule has 1 saturated heterocycles. The molecule has 1 aliphatic rings. The zero-order valence-electron chi connectivity index (χ0n) is 15.2. The zero-order valence-corrected chi connectivity index (χ0v) is 16.0. The van der Waals surface area contributed by atoms with Crippen molar-refractivity contribution in [2.45, 2.75) is 12.8 Å². The van der Waals surface area contributed by atoms with Crippen LogP contribution in [-0.4, -0.2) is 51.4 Å². The maximum Gasteiger partial charge on any atom is 0.270 e. The summed E-state index contributed by atoms with van der Waals surface area (Å²) in [4.78, 5) is 17.0. The monoisotopic (exact) mass is 375 g/mol. The molecule has 1 fully saturated rings. The van der Waals surface area contributed by atoms with Crippen LogP contribution in [0.3, 0.4) is 0 Å². The first-order chi connectivity index (χ1) is 12.7. The lowest BCUT2D eigenvalue weighted by molar-refractivity contribution is 0.0511. The Kier molecular flexibility index (Phi) is 6.24. The summed E-state index contributed by atoms with van der Waals surface area (Å²) in [6.07, 6.45) is 1.99. The van der Waals surface area contributed by atoms with Crippen LogP contribution in [0.2, 0.25) is 0 Å². The number of nitrogens with one attached hydrogen (secondary N) is 2. The van der Waals surface area contributed by atoms with Crippen LogP contribution in [-0.2, 0) is 4.74 Å². The second-order valence-corrected chi connectivity index (χ2v) is 7.49. The van der Waals surface area contributed by atoms with Crippen LogP contribution in [0.25, 0.3) is 10.6 Å². The van der Waals surface area contributed by atoms with Gasteiger partial charge in [0, 0.05) is 30.0 Å². The van der Waals surface area contributed by atoms with E-state index in [4.69, 9.17) is 9.47 Å². The van der Waals surface area contributed by atoms with Crippen molar-refractivity contribution in [3.05, 3.63) is 35.3 Å². The third kappa shape index (κ3) is 4.41. The number of aromatic nitrogens is 1. The van der Waals surface area contributed by atoms with Gasteiger partial charge < -0.3 is 20.1 Å². The van der Waals surface area contributed by atoms with E-state index in [2.05, 4.69) is 15.6 Å². The van der Waals surface area contributed by atoms with E-state index in [0.717, 1.165) is 42.3 Å². The summed E-state index contributed by atoms with van der Waals surface area (Å²) < 4.78 is 10.6. The lowest BCUT2D eigenvalue weighted by Crippen LogP contribution is -2.47. The Bertz CT molecular complexity index is 718. The molecule has 1 aromatic heterocycles. The molecule has 2 aromatic rings. The molecule has 0 saturated carbocycles. The summed E-state index contributed by atoms with van der Waals surface area (Å²) in [5.41, 5.74) is 1.44. The Morgan fingerprint density at radius 2 is 2.00 bits per heavy atom. The standard InChI is InChI=1S/C19H25N3O3S/c1-24-13-19(7-9-20-10-8-19)12-21-17(23)16-11-26-18(22-16)14-3-5-15(25-2)6-4-14/h3-6,11,20H,7-10,12-13H2,1-2H3,(H,21,23). The number of carbonyl (C=O) groups excluding carboxylic acids is 1. The molecule has 0 unspecified atom stereocenters. The van der Waals surface area contributed by atoms with Crippen LogP contribution >= 0.6 is 11.3 Å². The van der Waals surface area contributed by atoms with Crippen LogP contribution in [0.4, 0.5) is 0 Å². The van der Waals surface area contributed by atoms with Crippen LogP contribution in [0.1, 0.15) is 23.3 Å². The van der Waals surface area contributed by atoms with Crippen LogP contribution in [0, 0.1) is 5.41 Å². The Hall–Kier alpha value is -1.96. The van der Waals surface area contributed by atoms with E-state index in [0.29, 0.717) is 18.8 Å². The topological polar surface area (TPSA) is 72.5 Å². The van der Waals surface area contributed by atoms with Gasteiger partial charge in [0.1, 0.15) is 16.5 Å². The molecule has 1 aliphatic heterocycles. The fraction of sp³-hybridized carbons (Fsp3) is 0.474. The molecule has 6 nitrogen and oxygen atoms in total. The van der Waals surface area contributed by atoms with Crippen molar-refractivity contribution >= 4 is 17.2 Å². The summed E-state index contributed by atoms with van der Waals surface area (Å²) in [5, 5.41) is 9.04. The van der Waals surface area contributed by atoms with E-state index in [-0.39, 0.29) is 11.3 Å². The highest BCUT2D eigenvalue weighted by Gasteiger charge is 2.32. The van der Waals surface area contributed by atoms with E-state index in [1.54, 1.807) is 19.6 Å². The van der Waals surface area contributed by atoms with Crippen molar-refractivity contribution in [2.24, 2.45) is 5.41 Å². The molecular weight excluding hydrogens is 350 g/mol. The highest BCUT2D eigenvalue weighted by molar-refractivity contribution is 7.13. The molecule has 0 radical (unpaired) electrons. The minimum absolute atomic E-state index is 0.00446. The maximum atomic E-state index is 12.5. The summed E-state index contributed by atoms with van der Waals surface area (Å²) in [5.74, 6) is 0.670. The molecule has 1 amide bonds. The second-order valence-electron chi connectivity index (χ2n) is 6.63. The smallest absolute Gasteiger partial charge is 0.270 e. The maximum absolute atomic E-state index is 12.5. The third-order valence-corrected chi connectivity index (χ3v) is 5.70. The van der Waals surface area contributed by atoms with Crippen LogP contribution in [0.5, 0.6) is 5.75 Å². The van der Waals surface area contributed by atoms with E-state index >= 15 is 0 Å². The predicted molar refractivity (Wildman–Crippen MR) is 103 cm³/mol. The van der Waals surface area contributed by atoms with Gasteiger partial charge in [-0.05, 0) is 50.2 Å². The van der Waals surface area contributed by atoms with Crippen molar-refractivity contribution in [3.8, 4) is 16.3 Å². The molecule has 0 aliphatic carbocycles. The largest absolute Gasteiger partial charge is 0.497 e. The number of nitrogens with zero attached hydrogens (tertiary/aromatic N) is 1. The molecule has 140 valence electrons. The Labute approximate surface area is 157 Å². The lowest BCUT2D eigenvalue weighted by atomic mass is 9.79. The van der Waals surface area contributed by atoms with Crippen LogP contribution in [0.15, 0.2) is 29.6 Å². The molecule has 0 spiro atoms. The van der Waals surface area contributed by atoms with Gasteiger partial charge in [0.05, 0.1) is 13.7 Å². The SMILES string of the molecule is COCC1(CNC(=O)c2csc(-c3ccc(OC)cc3)n2)CCNCC1. The molecule has 2 heterocycles. The first-order valence-corrected chi connectivity index (χ1v) is 9.62. The molecular formula is C19H25N3O3S. The minimum atomic E-state index is -0.130. The normalized spacial score (nSPS) is 16.2. The van der Waals surface area contributed by atoms with E-state index < -0.39 is 0 Å². The molecule has 0 atom stereocenters. The number of piperidine rings is 1. The molecule has 26 heavy (non-hydrogen) atoms. The van der Waals surface area contributed by atoms with Gasteiger partial charge in [-0.25, -0.2) is 4.98 Å². The number of methoxy groups -OCH3 is 2. The van der Waals surface area contributed by atoms with E-state index in [1.165, 1.54) is 11.3 Å². The lowest BCUT2D eigenvalue weighted by Gasteiger charge is -2.37. The van der Waals surface area contributed by atoms with Gasteiger partial charge in [-0.2, -0.15) is 0 Å². The van der Waals surface area contributed by atoms with Crippen molar-refractivity contribution < 1.29 is 14.3 Å². The van der Waals surface area contributed by atoms with Crippen molar-refractivity contribution in [3.63, 3.8) is 0 Å². The second kappa shape index (κ2) is 8.62. The number of amides is 1. The molecule has 7 heteroatoms. The Balaban J connectivity index is 1.63. The van der Waals surface area contributed by atoms with Crippen LogP contribution < -0.4 is 15.4 Å². The average Bonchev–Trinajstić information content (AvgIpc) is 3.17. The molecule has 3 rings (SSSR count). The number of thiazole rings is 1. The summed E-state index contributed by atoms with van der Waals surface area (Å²) >= 11 is 1.47. The minimum Gasteiger partial charge on any atom is -0.497 e. The van der Waals surface area contributed by atoms with Gasteiger partial charge in [-0.1, -0.05) is 0 Å². The summed E-state index contributed by atoms with van der Waals surface area (Å²) in [6, 6.07) is 7.67. The Morgan fingerprint density at radius 1 is 1.27 bits per heavy atom. The zero-order chi connectivity index (χ0) is 18.4. The van der Waals surface area contributed by atoms with Gasteiger partial charge in [0.15, 0.2) is 0 Å². The highest BCUT2D eigenvalue weighted by atomic mass is 32.1. The quantitative estimate of drug-likeness (QED) is 0.778. The number of rotatable bonds is 7. The molecule has 1 aromatic carbocycles. The first kappa shape index (κ1) is 18.8. The fourth-order valence-corrected chi connectivity index (χ4v) is 4.04. The average molecular weight is 375 g/mol. The van der Waals surface area contributed by atoms with E-state index in [1.807, 2.05) is 24.3 Å². The first-order valence-electron chi connectivity index (χ1n) is 8.74. The van der Waals surface area contributed by atoms with Crippen molar-refractivity contribution in [1.82, 2.24) is 15.6 Å². The fourth-order valence-electron chi connectivity index (χ4n) is 3.24. The van der Waals surface area contributed by atoms with Gasteiger partial charge in [-0.3, -0.25) is 4.79 Å². The van der Waals surface area contributed by atoms with Gasteiger partial charge in [-0.15, -0.1) is 11.3 Å².